The van der Waals surface area contributed by atoms with Gasteiger partial charge in [-0.25, -0.2) is 4.79 Å². The van der Waals surface area contributed by atoms with E-state index in [4.69, 9.17) is 5.26 Å². The number of nitriles is 1. The van der Waals surface area contributed by atoms with Crippen molar-refractivity contribution in [3.05, 3.63) is 57.8 Å². The van der Waals surface area contributed by atoms with Crippen LogP contribution in [0.5, 0.6) is 0 Å². The topological polar surface area (TPSA) is 106 Å². The average Bonchev–Trinajstić information content (AvgIpc) is 3.18. The predicted molar refractivity (Wildman–Crippen MR) is 83.3 cm³/mol. The maximum absolute atomic E-state index is 12.1. The molecule has 0 spiro atoms. The molecule has 8 nitrogen and oxygen atoms in total. The van der Waals surface area contributed by atoms with Gasteiger partial charge in [-0.05, 0) is 46.1 Å². The van der Waals surface area contributed by atoms with E-state index in [1.54, 1.807) is 36.4 Å². The average molecular weight is 326 g/mol. The minimum Gasteiger partial charge on any atom is -0.324 e. The maximum atomic E-state index is 12.1. The van der Waals surface area contributed by atoms with Gasteiger partial charge in [-0.3, -0.25) is 4.79 Å². The summed E-state index contributed by atoms with van der Waals surface area (Å²) in [4.78, 5) is 24.1. The summed E-state index contributed by atoms with van der Waals surface area (Å²) >= 11 is 1.35. The zero-order chi connectivity index (χ0) is 16.2. The third kappa shape index (κ3) is 3.17. The fourth-order valence-electron chi connectivity index (χ4n) is 1.91. The highest BCUT2D eigenvalue weighted by Crippen LogP contribution is 2.11. The van der Waals surface area contributed by atoms with Gasteiger partial charge in [-0.15, -0.1) is 11.3 Å². The van der Waals surface area contributed by atoms with Gasteiger partial charge in [0.15, 0.2) is 0 Å². The highest BCUT2D eigenvalue weighted by molar-refractivity contribution is 7.12. The largest absolute Gasteiger partial charge is 0.369 e. The van der Waals surface area contributed by atoms with Gasteiger partial charge in [0, 0.05) is 5.69 Å². The van der Waals surface area contributed by atoms with Crippen molar-refractivity contribution in [1.82, 2.24) is 19.8 Å². The molecule has 0 aliphatic rings. The Labute approximate surface area is 134 Å². The van der Waals surface area contributed by atoms with Gasteiger partial charge in [0.2, 0.25) is 5.91 Å². The summed E-state index contributed by atoms with van der Waals surface area (Å²) in [7, 11) is 0. The lowest BCUT2D eigenvalue weighted by Gasteiger charge is -2.04. The van der Waals surface area contributed by atoms with Crippen LogP contribution in [0.2, 0.25) is 0 Å². The smallest absolute Gasteiger partial charge is 0.324 e. The van der Waals surface area contributed by atoms with Crippen molar-refractivity contribution < 1.29 is 4.79 Å². The zero-order valence-electron chi connectivity index (χ0n) is 11.7. The van der Waals surface area contributed by atoms with Gasteiger partial charge in [-0.1, -0.05) is 6.07 Å². The van der Waals surface area contributed by atoms with E-state index in [9.17, 15) is 9.59 Å². The van der Waals surface area contributed by atoms with Crippen LogP contribution in [0.15, 0.2) is 46.6 Å². The summed E-state index contributed by atoms with van der Waals surface area (Å²) in [5.41, 5.74) is 0.421. The van der Waals surface area contributed by atoms with E-state index in [1.807, 2.05) is 11.4 Å². The van der Waals surface area contributed by atoms with Crippen LogP contribution in [0.1, 0.15) is 5.56 Å². The molecule has 114 valence electrons. The highest BCUT2D eigenvalue weighted by Gasteiger charge is 2.13. The fraction of sp³-hybridized carbons (Fsp3) is 0.0714. The van der Waals surface area contributed by atoms with Gasteiger partial charge in [0.05, 0.1) is 11.6 Å². The molecule has 0 unspecified atom stereocenters. The number of aromatic nitrogens is 4. The molecule has 0 fully saturated rings. The molecule has 3 aromatic rings. The van der Waals surface area contributed by atoms with Crippen molar-refractivity contribution in [3.63, 3.8) is 0 Å². The molecule has 1 amide bonds. The molecule has 1 aromatic carbocycles. The lowest BCUT2D eigenvalue weighted by molar-refractivity contribution is -0.117. The van der Waals surface area contributed by atoms with Crippen molar-refractivity contribution in [2.45, 2.75) is 6.54 Å². The third-order valence-electron chi connectivity index (χ3n) is 2.92. The predicted octanol–water partition coefficient (Wildman–Crippen LogP) is 1.00. The molecule has 2 aromatic heterocycles. The number of carbonyl (C=O) groups is 1. The molecule has 0 saturated carbocycles. The van der Waals surface area contributed by atoms with Gasteiger partial charge < -0.3 is 5.32 Å². The Morgan fingerprint density at radius 2 is 2.17 bits per heavy atom. The molecule has 0 radical (unpaired) electrons. The first-order valence-electron chi connectivity index (χ1n) is 6.54. The second-order valence-electron chi connectivity index (χ2n) is 4.52. The number of tetrazole rings is 1. The molecule has 0 bridgehead atoms. The van der Waals surface area contributed by atoms with E-state index in [0.29, 0.717) is 16.3 Å². The van der Waals surface area contributed by atoms with Gasteiger partial charge >= 0.3 is 5.69 Å². The van der Waals surface area contributed by atoms with Crippen LogP contribution < -0.4 is 11.0 Å². The van der Waals surface area contributed by atoms with Crippen molar-refractivity contribution >= 4 is 22.9 Å². The Bertz CT molecular complexity index is 935. The number of hydrogen-bond donors (Lipinski definition) is 1. The molecule has 23 heavy (non-hydrogen) atoms. The summed E-state index contributed by atoms with van der Waals surface area (Å²) < 4.78 is 2.11. The summed E-state index contributed by atoms with van der Waals surface area (Å²) in [5.74, 6) is -0.430. The molecule has 0 atom stereocenters. The lowest BCUT2D eigenvalue weighted by Crippen LogP contribution is -2.29. The van der Waals surface area contributed by atoms with Crippen LogP contribution in [0.3, 0.4) is 0 Å². The first kappa shape index (κ1) is 14.7. The normalized spacial score (nSPS) is 10.2. The fourth-order valence-corrected chi connectivity index (χ4v) is 2.57. The number of carbonyl (C=O) groups excluding carboxylic acids is 1. The Morgan fingerprint density at radius 3 is 2.91 bits per heavy atom. The van der Waals surface area contributed by atoms with Crippen molar-refractivity contribution in [2.24, 2.45) is 0 Å². The second kappa shape index (κ2) is 6.25. The number of nitrogens with zero attached hydrogens (tertiary/aromatic N) is 5. The number of anilines is 1. The monoisotopic (exact) mass is 326 g/mol. The van der Waals surface area contributed by atoms with Crippen molar-refractivity contribution in [3.8, 4) is 11.1 Å². The van der Waals surface area contributed by atoms with Crippen LogP contribution in [-0.2, 0) is 11.3 Å². The molecular weight excluding hydrogens is 316 g/mol. The number of rotatable bonds is 4. The Kier molecular flexibility index (Phi) is 3.99. The molecule has 3 rings (SSSR count). The number of thiophene rings is 1. The lowest BCUT2D eigenvalue weighted by atomic mass is 10.2. The van der Waals surface area contributed by atoms with Crippen molar-refractivity contribution in [1.29, 1.82) is 5.26 Å². The quantitative estimate of drug-likeness (QED) is 0.770. The number of benzene rings is 1. The minimum absolute atomic E-state index is 0.263. The van der Waals surface area contributed by atoms with Crippen LogP contribution >= 0.6 is 11.3 Å². The van der Waals surface area contributed by atoms with E-state index in [0.717, 1.165) is 9.36 Å². The highest BCUT2D eigenvalue weighted by atomic mass is 32.1. The Balaban J connectivity index is 1.74. The van der Waals surface area contributed by atoms with E-state index in [1.165, 1.54) is 11.3 Å². The number of hydrogen-bond acceptors (Lipinski definition) is 6. The standard InChI is InChI=1S/C14H10N6O2S/c15-8-10-3-1-4-11(7-10)16-12(21)9-19-14(22)20(18-17-19)13-5-2-6-23-13/h1-7H,9H2,(H,16,21). The van der Waals surface area contributed by atoms with Crippen molar-refractivity contribution in [2.75, 3.05) is 5.32 Å². The molecule has 0 saturated heterocycles. The Hall–Kier alpha value is -3.25. The molecule has 0 aliphatic heterocycles. The van der Waals surface area contributed by atoms with Crippen LogP contribution in [0.25, 0.3) is 5.00 Å². The van der Waals surface area contributed by atoms with E-state index >= 15 is 0 Å². The molecule has 1 N–H and O–H groups in total. The summed E-state index contributed by atoms with van der Waals surface area (Å²) in [5, 5.41) is 21.3. The van der Waals surface area contributed by atoms with Crippen LogP contribution in [0, 0.1) is 11.3 Å². The minimum atomic E-state index is -0.492. The molecule has 9 heteroatoms. The van der Waals surface area contributed by atoms with Crippen LogP contribution in [0.4, 0.5) is 5.69 Å². The van der Waals surface area contributed by atoms with Gasteiger partial charge in [0.25, 0.3) is 0 Å². The zero-order valence-corrected chi connectivity index (χ0v) is 12.5. The first-order chi connectivity index (χ1) is 11.2. The van der Waals surface area contributed by atoms with Gasteiger partial charge in [0.1, 0.15) is 11.5 Å². The maximum Gasteiger partial charge on any atom is 0.369 e. The first-order valence-corrected chi connectivity index (χ1v) is 7.42. The summed E-state index contributed by atoms with van der Waals surface area (Å²) in [6.45, 7) is -0.263. The number of amides is 1. The van der Waals surface area contributed by atoms with E-state index in [2.05, 4.69) is 15.7 Å². The summed E-state index contributed by atoms with van der Waals surface area (Å²) in [6, 6.07) is 12.0. The van der Waals surface area contributed by atoms with E-state index < -0.39 is 11.6 Å². The van der Waals surface area contributed by atoms with Crippen LogP contribution in [-0.4, -0.2) is 25.7 Å². The summed E-state index contributed by atoms with van der Waals surface area (Å²) in [6.07, 6.45) is 0. The SMILES string of the molecule is N#Cc1cccc(NC(=O)Cn2nnn(-c3cccs3)c2=O)c1. The second-order valence-corrected chi connectivity index (χ2v) is 5.45. The van der Waals surface area contributed by atoms with E-state index in [-0.39, 0.29) is 6.54 Å². The third-order valence-corrected chi connectivity index (χ3v) is 3.77. The molecule has 2 heterocycles. The molecular formula is C14H10N6O2S. The Morgan fingerprint density at radius 1 is 1.30 bits per heavy atom. The van der Waals surface area contributed by atoms with Gasteiger partial charge in [-0.2, -0.15) is 14.6 Å². The number of nitrogens with one attached hydrogen (secondary N) is 1. The molecule has 0 aliphatic carbocycles.